The molecule has 0 aliphatic carbocycles. The van der Waals surface area contributed by atoms with Gasteiger partial charge >= 0.3 is 0 Å². The molecule has 1 aromatic heterocycles. The van der Waals surface area contributed by atoms with Crippen molar-refractivity contribution >= 4 is 16.7 Å². The molecular weight excluding hydrogens is 308 g/mol. The molecule has 1 heterocycles. The minimum absolute atomic E-state index is 0.255. The molecule has 3 aromatic carbocycles. The van der Waals surface area contributed by atoms with Crippen LogP contribution in [0.5, 0.6) is 0 Å². The summed E-state index contributed by atoms with van der Waals surface area (Å²) in [5.74, 6) is 1.34. The Balaban J connectivity index is 1.92. The minimum Gasteiger partial charge on any atom is -0.420 e. The van der Waals surface area contributed by atoms with E-state index in [1.54, 1.807) is 0 Å². The summed E-state index contributed by atoms with van der Waals surface area (Å²) in [6.07, 6.45) is 0. The number of fused-ring (bicyclic) bond motifs is 1. The van der Waals surface area contributed by atoms with Crippen molar-refractivity contribution in [3.8, 4) is 22.7 Å². The maximum atomic E-state index is 6.09. The molecule has 0 atom stereocenters. The van der Waals surface area contributed by atoms with Gasteiger partial charge in [-0.25, -0.2) is 4.98 Å². The van der Waals surface area contributed by atoms with Gasteiger partial charge in [0.05, 0.1) is 0 Å². The largest absolute Gasteiger partial charge is 0.420 e. The molecule has 0 radical (unpaired) electrons. The van der Waals surface area contributed by atoms with Crippen LogP contribution in [0.1, 0.15) is 13.8 Å². The van der Waals surface area contributed by atoms with Crippen molar-refractivity contribution < 1.29 is 4.42 Å². The van der Waals surface area contributed by atoms with Crippen LogP contribution in [0.15, 0.2) is 77.2 Å². The van der Waals surface area contributed by atoms with Crippen molar-refractivity contribution in [2.45, 2.75) is 19.9 Å². The summed E-state index contributed by atoms with van der Waals surface area (Å²) in [4.78, 5) is 4.82. The molecule has 1 N–H and O–H groups in total. The average Bonchev–Trinajstić information content (AvgIpc) is 3.05. The first-order valence-electron chi connectivity index (χ1n) is 8.53. The summed E-state index contributed by atoms with van der Waals surface area (Å²) < 4.78 is 6.09. The van der Waals surface area contributed by atoms with Gasteiger partial charge in [0.15, 0.2) is 0 Å². The molecule has 3 heteroatoms. The Morgan fingerprint density at radius 1 is 0.840 bits per heavy atom. The monoisotopic (exact) mass is 328 g/mol. The van der Waals surface area contributed by atoms with Crippen LogP contribution in [0.25, 0.3) is 33.5 Å². The molecule has 25 heavy (non-hydrogen) atoms. The summed E-state index contributed by atoms with van der Waals surface area (Å²) >= 11 is 0. The number of oxazole rings is 1. The number of rotatable bonds is 4. The molecule has 0 bridgehead atoms. The van der Waals surface area contributed by atoms with Crippen molar-refractivity contribution in [3.63, 3.8) is 0 Å². The van der Waals surface area contributed by atoms with E-state index >= 15 is 0 Å². The number of aromatic nitrogens is 1. The van der Waals surface area contributed by atoms with E-state index in [0.29, 0.717) is 11.8 Å². The SMILES string of the molecule is CC(C)Nc1oc(-c2ccccc2)nc1-c1cccc2ccccc12. The third-order valence-corrected chi connectivity index (χ3v) is 4.11. The lowest BCUT2D eigenvalue weighted by Crippen LogP contribution is -2.09. The first-order chi connectivity index (χ1) is 12.2. The highest BCUT2D eigenvalue weighted by Crippen LogP contribution is 2.36. The van der Waals surface area contributed by atoms with Gasteiger partial charge in [-0.05, 0) is 36.8 Å². The molecule has 0 aliphatic rings. The standard InChI is InChI=1S/C22H20N2O/c1-15(2)23-22-20(24-21(25-22)17-10-4-3-5-11-17)19-14-8-12-16-9-6-7-13-18(16)19/h3-15,23H,1-2H3. The Kier molecular flexibility index (Phi) is 3.98. The number of nitrogens with zero attached hydrogens (tertiary/aromatic N) is 1. The van der Waals surface area contributed by atoms with Gasteiger partial charge in [-0.2, -0.15) is 0 Å². The van der Waals surface area contributed by atoms with Gasteiger partial charge in [-0.1, -0.05) is 60.7 Å². The van der Waals surface area contributed by atoms with Crippen LogP contribution in [-0.4, -0.2) is 11.0 Å². The molecule has 3 nitrogen and oxygen atoms in total. The van der Waals surface area contributed by atoms with Gasteiger partial charge in [0, 0.05) is 17.2 Å². The van der Waals surface area contributed by atoms with Gasteiger partial charge in [0.1, 0.15) is 5.69 Å². The molecule has 0 saturated carbocycles. The van der Waals surface area contributed by atoms with E-state index in [0.717, 1.165) is 16.8 Å². The van der Waals surface area contributed by atoms with Crippen molar-refractivity contribution in [3.05, 3.63) is 72.8 Å². The van der Waals surface area contributed by atoms with E-state index in [1.165, 1.54) is 10.8 Å². The Morgan fingerprint density at radius 3 is 2.36 bits per heavy atom. The second kappa shape index (κ2) is 6.44. The van der Waals surface area contributed by atoms with Crippen LogP contribution in [0.3, 0.4) is 0 Å². The summed E-state index contributed by atoms with van der Waals surface area (Å²) in [5.41, 5.74) is 2.90. The van der Waals surface area contributed by atoms with Gasteiger partial charge in [-0.15, -0.1) is 0 Å². The Labute approximate surface area is 147 Å². The quantitative estimate of drug-likeness (QED) is 0.500. The molecule has 0 spiro atoms. The maximum Gasteiger partial charge on any atom is 0.229 e. The molecule has 0 aliphatic heterocycles. The highest BCUT2D eigenvalue weighted by Gasteiger charge is 2.18. The van der Waals surface area contributed by atoms with Crippen LogP contribution < -0.4 is 5.32 Å². The molecule has 0 unspecified atom stereocenters. The fourth-order valence-corrected chi connectivity index (χ4v) is 3.00. The van der Waals surface area contributed by atoms with Crippen molar-refractivity contribution in [1.29, 1.82) is 0 Å². The van der Waals surface area contributed by atoms with E-state index < -0.39 is 0 Å². The van der Waals surface area contributed by atoms with E-state index in [1.807, 2.05) is 30.3 Å². The summed E-state index contributed by atoms with van der Waals surface area (Å²) in [5, 5.41) is 5.76. The topological polar surface area (TPSA) is 38.1 Å². The molecule has 4 aromatic rings. The number of hydrogen-bond donors (Lipinski definition) is 1. The molecule has 124 valence electrons. The lowest BCUT2D eigenvalue weighted by molar-refractivity contribution is 0.580. The normalized spacial score (nSPS) is 11.2. The van der Waals surface area contributed by atoms with Crippen LogP contribution >= 0.6 is 0 Å². The summed E-state index contributed by atoms with van der Waals surface area (Å²) in [6, 6.07) is 24.9. The predicted molar refractivity (Wildman–Crippen MR) is 104 cm³/mol. The Hall–Kier alpha value is -3.07. The molecule has 0 saturated heterocycles. The number of hydrogen-bond acceptors (Lipinski definition) is 3. The molecular formula is C22H20N2O. The Morgan fingerprint density at radius 2 is 1.56 bits per heavy atom. The second-order valence-corrected chi connectivity index (χ2v) is 6.39. The fraction of sp³-hybridized carbons (Fsp3) is 0.136. The molecule has 0 fully saturated rings. The van der Waals surface area contributed by atoms with E-state index in [9.17, 15) is 0 Å². The average molecular weight is 328 g/mol. The third-order valence-electron chi connectivity index (χ3n) is 4.11. The smallest absolute Gasteiger partial charge is 0.229 e. The fourth-order valence-electron chi connectivity index (χ4n) is 3.00. The summed E-state index contributed by atoms with van der Waals surface area (Å²) in [7, 11) is 0. The highest BCUT2D eigenvalue weighted by atomic mass is 16.4. The number of benzene rings is 3. The van der Waals surface area contributed by atoms with E-state index in [-0.39, 0.29) is 6.04 Å². The van der Waals surface area contributed by atoms with E-state index in [4.69, 9.17) is 9.40 Å². The second-order valence-electron chi connectivity index (χ2n) is 6.39. The van der Waals surface area contributed by atoms with Crippen molar-refractivity contribution in [2.24, 2.45) is 0 Å². The van der Waals surface area contributed by atoms with Gasteiger partial charge in [0.25, 0.3) is 0 Å². The zero-order valence-corrected chi connectivity index (χ0v) is 14.4. The Bertz CT molecular complexity index is 998. The van der Waals surface area contributed by atoms with Gasteiger partial charge in [0.2, 0.25) is 11.8 Å². The highest BCUT2D eigenvalue weighted by molar-refractivity contribution is 5.98. The molecule has 4 rings (SSSR count). The lowest BCUT2D eigenvalue weighted by atomic mass is 10.0. The van der Waals surface area contributed by atoms with Crippen LogP contribution in [0.2, 0.25) is 0 Å². The van der Waals surface area contributed by atoms with E-state index in [2.05, 4.69) is 61.6 Å². The van der Waals surface area contributed by atoms with Crippen LogP contribution in [-0.2, 0) is 0 Å². The van der Waals surface area contributed by atoms with Crippen LogP contribution in [0, 0.1) is 0 Å². The van der Waals surface area contributed by atoms with Gasteiger partial charge < -0.3 is 9.73 Å². The minimum atomic E-state index is 0.255. The first-order valence-corrected chi connectivity index (χ1v) is 8.53. The maximum absolute atomic E-state index is 6.09. The summed E-state index contributed by atoms with van der Waals surface area (Å²) in [6.45, 7) is 4.19. The third kappa shape index (κ3) is 3.01. The first kappa shape index (κ1) is 15.5. The predicted octanol–water partition coefficient (Wildman–Crippen LogP) is 5.98. The van der Waals surface area contributed by atoms with Gasteiger partial charge in [-0.3, -0.25) is 0 Å². The zero-order valence-electron chi connectivity index (χ0n) is 14.4. The van der Waals surface area contributed by atoms with Crippen molar-refractivity contribution in [1.82, 2.24) is 4.98 Å². The van der Waals surface area contributed by atoms with Crippen LogP contribution in [0.4, 0.5) is 5.88 Å². The van der Waals surface area contributed by atoms with Crippen molar-refractivity contribution in [2.75, 3.05) is 5.32 Å². The number of nitrogens with one attached hydrogen (secondary N) is 1. The number of anilines is 1. The molecule has 0 amide bonds. The zero-order chi connectivity index (χ0) is 17.2. The lowest BCUT2D eigenvalue weighted by Gasteiger charge is -2.09.